The predicted octanol–water partition coefficient (Wildman–Crippen LogP) is 4.90. The van der Waals surface area contributed by atoms with Crippen molar-refractivity contribution < 1.29 is 13.6 Å². The van der Waals surface area contributed by atoms with Gasteiger partial charge in [-0.05, 0) is 55.7 Å². The molecule has 0 saturated carbocycles. The van der Waals surface area contributed by atoms with E-state index in [1.165, 1.54) is 41.7 Å². The summed E-state index contributed by atoms with van der Waals surface area (Å²) in [7, 11) is 0. The van der Waals surface area contributed by atoms with Gasteiger partial charge in [-0.1, -0.05) is 11.8 Å². The average Bonchev–Trinajstić information content (AvgIpc) is 3.61. The zero-order valence-electron chi connectivity index (χ0n) is 18.3. The smallest absolute Gasteiger partial charge is 0.236 e. The molecular formula is C23H23FN6O2S2. The van der Waals surface area contributed by atoms with E-state index in [9.17, 15) is 9.18 Å². The number of furan rings is 1. The highest BCUT2D eigenvalue weighted by Gasteiger charge is 2.22. The Hall–Kier alpha value is -3.18. The molecule has 1 amide bonds. The topological polar surface area (TPSA) is 89.1 Å². The highest BCUT2D eigenvalue weighted by Crippen LogP contribution is 2.27. The Morgan fingerprint density at radius 2 is 1.97 bits per heavy atom. The van der Waals surface area contributed by atoms with Crippen LogP contribution in [0.2, 0.25) is 0 Å². The molecule has 1 aliphatic rings. The normalized spacial score (nSPS) is 13.9. The maximum atomic E-state index is 13.1. The van der Waals surface area contributed by atoms with Gasteiger partial charge >= 0.3 is 0 Å². The molecule has 4 aromatic rings. The van der Waals surface area contributed by atoms with Gasteiger partial charge in [-0.25, -0.2) is 9.37 Å². The van der Waals surface area contributed by atoms with Gasteiger partial charge in [0.2, 0.25) is 11.9 Å². The standard InChI is InChI=1S/C23H23FN6O2S2/c24-17-8-6-16(7-9-17)19-14-33-21(25-19)26-20(31)15-34-23-28-27-22(29-10-2-1-3-11-29)30(23)13-18-5-4-12-32-18/h4-9,12,14H,1-3,10-11,13,15H2,(H,25,26,31). The first kappa shape index (κ1) is 22.6. The molecule has 34 heavy (non-hydrogen) atoms. The van der Waals surface area contributed by atoms with Gasteiger partial charge in [0.25, 0.3) is 0 Å². The number of amides is 1. The largest absolute Gasteiger partial charge is 0.467 e. The number of thioether (sulfide) groups is 1. The summed E-state index contributed by atoms with van der Waals surface area (Å²) in [5.74, 6) is 1.30. The number of halogens is 1. The van der Waals surface area contributed by atoms with E-state index in [-0.39, 0.29) is 17.5 Å². The summed E-state index contributed by atoms with van der Waals surface area (Å²) in [6.07, 6.45) is 5.14. The van der Waals surface area contributed by atoms with Crippen molar-refractivity contribution in [3.63, 3.8) is 0 Å². The van der Waals surface area contributed by atoms with Crippen molar-refractivity contribution >= 4 is 40.1 Å². The van der Waals surface area contributed by atoms with E-state index < -0.39 is 0 Å². The highest BCUT2D eigenvalue weighted by atomic mass is 32.2. The third-order valence-electron chi connectivity index (χ3n) is 5.45. The van der Waals surface area contributed by atoms with Crippen molar-refractivity contribution in [1.82, 2.24) is 19.7 Å². The van der Waals surface area contributed by atoms with Crippen LogP contribution in [0.3, 0.4) is 0 Å². The van der Waals surface area contributed by atoms with Crippen LogP contribution in [0.25, 0.3) is 11.3 Å². The van der Waals surface area contributed by atoms with Crippen molar-refractivity contribution in [1.29, 1.82) is 0 Å². The first-order valence-electron chi connectivity index (χ1n) is 11.0. The Bertz CT molecular complexity index is 1230. The Balaban J connectivity index is 1.25. The summed E-state index contributed by atoms with van der Waals surface area (Å²) in [6, 6.07) is 9.88. The van der Waals surface area contributed by atoms with Gasteiger partial charge < -0.3 is 14.6 Å². The van der Waals surface area contributed by atoms with Crippen LogP contribution in [0.4, 0.5) is 15.5 Å². The molecule has 0 unspecified atom stereocenters. The lowest BCUT2D eigenvalue weighted by atomic mass is 10.1. The number of thiazole rings is 1. The minimum Gasteiger partial charge on any atom is -0.467 e. The van der Waals surface area contributed by atoms with Crippen molar-refractivity contribution in [3.8, 4) is 11.3 Å². The zero-order valence-corrected chi connectivity index (χ0v) is 19.9. The van der Waals surface area contributed by atoms with Gasteiger partial charge in [-0.3, -0.25) is 9.36 Å². The Morgan fingerprint density at radius 1 is 1.15 bits per heavy atom. The van der Waals surface area contributed by atoms with E-state index in [4.69, 9.17) is 4.42 Å². The van der Waals surface area contributed by atoms with E-state index in [0.29, 0.717) is 22.5 Å². The number of benzene rings is 1. The molecule has 0 aliphatic carbocycles. The number of carbonyl (C=O) groups is 1. The minimum atomic E-state index is -0.298. The fraction of sp³-hybridized carbons (Fsp3) is 0.304. The van der Waals surface area contributed by atoms with Gasteiger partial charge in [0.05, 0.1) is 24.3 Å². The molecule has 1 N–H and O–H groups in total. The Kier molecular flexibility index (Phi) is 6.91. The monoisotopic (exact) mass is 498 g/mol. The van der Waals surface area contributed by atoms with Crippen LogP contribution >= 0.6 is 23.1 Å². The average molecular weight is 499 g/mol. The Labute approximate surface area is 204 Å². The molecule has 0 spiro atoms. The first-order valence-corrected chi connectivity index (χ1v) is 12.9. The van der Waals surface area contributed by atoms with Crippen LogP contribution in [0.15, 0.2) is 57.6 Å². The highest BCUT2D eigenvalue weighted by molar-refractivity contribution is 7.99. The maximum Gasteiger partial charge on any atom is 0.236 e. The Morgan fingerprint density at radius 3 is 2.74 bits per heavy atom. The second-order valence-electron chi connectivity index (χ2n) is 7.88. The fourth-order valence-corrected chi connectivity index (χ4v) is 5.25. The number of piperidine rings is 1. The van der Waals surface area contributed by atoms with E-state index >= 15 is 0 Å². The molecule has 1 aromatic carbocycles. The van der Waals surface area contributed by atoms with Crippen LogP contribution in [0.5, 0.6) is 0 Å². The molecule has 11 heteroatoms. The molecule has 3 aromatic heterocycles. The van der Waals surface area contributed by atoms with Crippen molar-refractivity contribution in [2.75, 3.05) is 29.1 Å². The maximum absolute atomic E-state index is 13.1. The summed E-state index contributed by atoms with van der Waals surface area (Å²) in [6.45, 7) is 2.40. The third kappa shape index (κ3) is 5.31. The predicted molar refractivity (Wildman–Crippen MR) is 131 cm³/mol. The molecule has 0 radical (unpaired) electrons. The number of nitrogens with one attached hydrogen (secondary N) is 1. The summed E-state index contributed by atoms with van der Waals surface area (Å²) in [4.78, 5) is 19.3. The summed E-state index contributed by atoms with van der Waals surface area (Å²) in [5.41, 5.74) is 1.49. The van der Waals surface area contributed by atoms with Crippen molar-refractivity contribution in [2.45, 2.75) is 31.0 Å². The molecule has 0 atom stereocenters. The number of rotatable bonds is 8. The van der Waals surface area contributed by atoms with Gasteiger partial charge in [-0.2, -0.15) is 0 Å². The van der Waals surface area contributed by atoms with Crippen LogP contribution in [0.1, 0.15) is 25.0 Å². The summed E-state index contributed by atoms with van der Waals surface area (Å²) in [5, 5.41) is 14.6. The molecule has 4 heterocycles. The number of aromatic nitrogens is 4. The van der Waals surface area contributed by atoms with Gasteiger partial charge in [0.1, 0.15) is 11.6 Å². The molecule has 8 nitrogen and oxygen atoms in total. The van der Waals surface area contributed by atoms with E-state index in [1.807, 2.05) is 22.1 Å². The fourth-order valence-electron chi connectivity index (χ4n) is 3.78. The number of anilines is 2. The van der Waals surface area contributed by atoms with Gasteiger partial charge in [0, 0.05) is 24.0 Å². The molecular weight excluding hydrogens is 475 g/mol. The van der Waals surface area contributed by atoms with E-state index in [0.717, 1.165) is 43.2 Å². The summed E-state index contributed by atoms with van der Waals surface area (Å²) < 4.78 is 20.7. The van der Waals surface area contributed by atoms with Crippen LogP contribution in [-0.4, -0.2) is 44.5 Å². The minimum absolute atomic E-state index is 0.168. The SMILES string of the molecule is O=C(CSc1nnc(N2CCCCC2)n1Cc1ccco1)Nc1nc(-c2ccc(F)cc2)cs1. The lowest BCUT2D eigenvalue weighted by Crippen LogP contribution is -2.32. The molecule has 5 rings (SSSR count). The van der Waals surface area contributed by atoms with Crippen LogP contribution in [0, 0.1) is 5.82 Å². The molecule has 176 valence electrons. The number of nitrogens with zero attached hydrogens (tertiary/aromatic N) is 5. The zero-order chi connectivity index (χ0) is 23.3. The van der Waals surface area contributed by atoms with Gasteiger partial charge in [0.15, 0.2) is 10.3 Å². The number of hydrogen-bond donors (Lipinski definition) is 1. The summed E-state index contributed by atoms with van der Waals surface area (Å²) >= 11 is 2.66. The van der Waals surface area contributed by atoms with Crippen LogP contribution < -0.4 is 10.2 Å². The van der Waals surface area contributed by atoms with E-state index in [1.54, 1.807) is 18.4 Å². The van der Waals surface area contributed by atoms with Crippen molar-refractivity contribution in [2.24, 2.45) is 0 Å². The quantitative estimate of drug-likeness (QED) is 0.346. The molecule has 1 saturated heterocycles. The number of carbonyl (C=O) groups excluding carboxylic acids is 1. The lowest BCUT2D eigenvalue weighted by Gasteiger charge is -2.27. The third-order valence-corrected chi connectivity index (χ3v) is 7.18. The lowest BCUT2D eigenvalue weighted by molar-refractivity contribution is -0.113. The second-order valence-corrected chi connectivity index (χ2v) is 9.68. The molecule has 1 fully saturated rings. The second kappa shape index (κ2) is 10.4. The van der Waals surface area contributed by atoms with Gasteiger partial charge in [-0.15, -0.1) is 21.5 Å². The van der Waals surface area contributed by atoms with Crippen molar-refractivity contribution in [3.05, 3.63) is 59.6 Å². The molecule has 0 bridgehead atoms. The van der Waals surface area contributed by atoms with Crippen LogP contribution in [-0.2, 0) is 11.3 Å². The number of hydrogen-bond acceptors (Lipinski definition) is 8. The van der Waals surface area contributed by atoms with E-state index in [2.05, 4.69) is 25.4 Å². The molecule has 1 aliphatic heterocycles. The first-order chi connectivity index (χ1) is 16.7.